The van der Waals surface area contributed by atoms with Gasteiger partial charge in [0.1, 0.15) is 0 Å². The van der Waals surface area contributed by atoms with Crippen molar-refractivity contribution in [2.24, 2.45) is 0 Å². The second-order valence-electron chi connectivity index (χ2n) is 2.84. The molecule has 70 valence electrons. The largest absolute Gasteiger partial charge is 0.493 e. The number of hydrazine groups is 1. The topological polar surface area (TPSA) is 42.5 Å². The maximum Gasteiger partial charge on any atom is 0.162 e. The average Bonchev–Trinajstić information content (AvgIpc) is 2.62. The fraction of sp³-hybridized carbons (Fsp3) is 0.333. The van der Waals surface area contributed by atoms with Gasteiger partial charge in [0.15, 0.2) is 11.5 Å². The Hall–Kier alpha value is -1.42. The molecule has 4 heteroatoms. The van der Waals surface area contributed by atoms with Gasteiger partial charge in [0.2, 0.25) is 0 Å². The number of benzene rings is 1. The number of rotatable bonds is 2. The number of nitrogens with one attached hydrogen (secondary N) is 2. The first-order chi connectivity index (χ1) is 6.35. The summed E-state index contributed by atoms with van der Waals surface area (Å²) in [6.45, 7) is 0.815. The summed E-state index contributed by atoms with van der Waals surface area (Å²) < 4.78 is 10.3. The summed E-state index contributed by atoms with van der Waals surface area (Å²) in [6.07, 6.45) is 0. The molecule has 0 bridgehead atoms. The molecule has 1 heterocycles. The van der Waals surface area contributed by atoms with Crippen molar-refractivity contribution in [2.75, 3.05) is 19.6 Å². The summed E-state index contributed by atoms with van der Waals surface area (Å²) >= 11 is 0. The first-order valence-electron chi connectivity index (χ1n) is 4.09. The first-order valence-corrected chi connectivity index (χ1v) is 4.09. The van der Waals surface area contributed by atoms with Gasteiger partial charge in [-0.1, -0.05) is 0 Å². The molecule has 1 aromatic carbocycles. The average molecular weight is 180 g/mol. The highest BCUT2D eigenvalue weighted by Crippen LogP contribution is 2.34. The van der Waals surface area contributed by atoms with Crippen LogP contribution in [-0.2, 0) is 6.54 Å². The number of hydrogen-bond donors (Lipinski definition) is 2. The minimum atomic E-state index is 0.748. The SMILES string of the molecule is COc1cc2c(cc1OC)NNC2. The van der Waals surface area contributed by atoms with E-state index >= 15 is 0 Å². The van der Waals surface area contributed by atoms with Crippen molar-refractivity contribution in [1.29, 1.82) is 0 Å². The van der Waals surface area contributed by atoms with E-state index in [4.69, 9.17) is 9.47 Å². The molecule has 0 amide bonds. The summed E-state index contributed by atoms with van der Waals surface area (Å²) in [5.74, 6) is 1.52. The molecule has 13 heavy (non-hydrogen) atoms. The Bertz CT molecular complexity index is 295. The van der Waals surface area contributed by atoms with E-state index in [9.17, 15) is 0 Å². The molecule has 0 aromatic heterocycles. The predicted octanol–water partition coefficient (Wildman–Crippen LogP) is 1.13. The summed E-state index contributed by atoms with van der Waals surface area (Å²) in [4.78, 5) is 0. The van der Waals surface area contributed by atoms with Crippen LogP contribution >= 0.6 is 0 Å². The Kier molecular flexibility index (Phi) is 1.98. The molecule has 0 saturated carbocycles. The van der Waals surface area contributed by atoms with Gasteiger partial charge in [-0.25, -0.2) is 5.43 Å². The molecule has 1 aliphatic heterocycles. The molecule has 4 nitrogen and oxygen atoms in total. The highest BCUT2D eigenvalue weighted by atomic mass is 16.5. The van der Waals surface area contributed by atoms with Crippen LogP contribution in [0.2, 0.25) is 0 Å². The van der Waals surface area contributed by atoms with E-state index in [1.54, 1.807) is 14.2 Å². The molecule has 2 rings (SSSR count). The second-order valence-corrected chi connectivity index (χ2v) is 2.84. The Morgan fingerprint density at radius 1 is 1.15 bits per heavy atom. The van der Waals surface area contributed by atoms with Crippen LogP contribution in [0.3, 0.4) is 0 Å². The van der Waals surface area contributed by atoms with Crippen LogP contribution in [-0.4, -0.2) is 14.2 Å². The van der Waals surface area contributed by atoms with E-state index in [0.717, 1.165) is 23.7 Å². The van der Waals surface area contributed by atoms with Gasteiger partial charge >= 0.3 is 0 Å². The van der Waals surface area contributed by atoms with Crippen molar-refractivity contribution in [3.05, 3.63) is 17.7 Å². The van der Waals surface area contributed by atoms with Crippen LogP contribution in [0.25, 0.3) is 0 Å². The van der Waals surface area contributed by atoms with Crippen molar-refractivity contribution < 1.29 is 9.47 Å². The van der Waals surface area contributed by atoms with Crippen LogP contribution in [0.15, 0.2) is 12.1 Å². The lowest BCUT2D eigenvalue weighted by atomic mass is 10.2. The molecule has 0 saturated heterocycles. The van der Waals surface area contributed by atoms with Gasteiger partial charge in [-0.15, -0.1) is 0 Å². The molecule has 0 unspecified atom stereocenters. The van der Waals surface area contributed by atoms with Gasteiger partial charge in [0.05, 0.1) is 19.9 Å². The van der Waals surface area contributed by atoms with Crippen LogP contribution in [0.1, 0.15) is 5.56 Å². The van der Waals surface area contributed by atoms with Crippen molar-refractivity contribution in [1.82, 2.24) is 5.43 Å². The Morgan fingerprint density at radius 2 is 1.85 bits per heavy atom. The van der Waals surface area contributed by atoms with E-state index < -0.39 is 0 Å². The van der Waals surface area contributed by atoms with Crippen LogP contribution in [0.4, 0.5) is 5.69 Å². The number of anilines is 1. The summed E-state index contributed by atoms with van der Waals surface area (Å²) in [5, 5.41) is 0. The molecule has 0 atom stereocenters. The van der Waals surface area contributed by atoms with E-state index in [-0.39, 0.29) is 0 Å². The summed E-state index contributed by atoms with van der Waals surface area (Å²) in [5.41, 5.74) is 8.32. The fourth-order valence-corrected chi connectivity index (χ4v) is 1.42. The Morgan fingerprint density at radius 3 is 2.54 bits per heavy atom. The van der Waals surface area contributed by atoms with Gasteiger partial charge in [-0.3, -0.25) is 0 Å². The van der Waals surface area contributed by atoms with Gasteiger partial charge in [0, 0.05) is 12.6 Å². The maximum atomic E-state index is 5.18. The van der Waals surface area contributed by atoms with Gasteiger partial charge < -0.3 is 14.9 Å². The predicted molar refractivity (Wildman–Crippen MR) is 50.0 cm³/mol. The van der Waals surface area contributed by atoms with Crippen LogP contribution < -0.4 is 20.3 Å². The van der Waals surface area contributed by atoms with Crippen molar-refractivity contribution in [2.45, 2.75) is 6.54 Å². The quantitative estimate of drug-likeness (QED) is 0.716. The van der Waals surface area contributed by atoms with E-state index in [1.807, 2.05) is 12.1 Å². The van der Waals surface area contributed by atoms with Gasteiger partial charge in [-0.05, 0) is 11.6 Å². The minimum absolute atomic E-state index is 0.748. The Balaban J connectivity index is 2.47. The molecule has 0 fully saturated rings. The second kappa shape index (κ2) is 3.14. The molecule has 0 spiro atoms. The highest BCUT2D eigenvalue weighted by Gasteiger charge is 2.14. The lowest BCUT2D eigenvalue weighted by Gasteiger charge is -2.08. The highest BCUT2D eigenvalue weighted by molar-refractivity contribution is 5.62. The lowest BCUT2D eigenvalue weighted by molar-refractivity contribution is 0.355. The number of fused-ring (bicyclic) bond motifs is 1. The zero-order valence-electron chi connectivity index (χ0n) is 7.68. The van der Waals surface area contributed by atoms with Gasteiger partial charge in [-0.2, -0.15) is 0 Å². The molecule has 1 aliphatic rings. The number of methoxy groups -OCH3 is 2. The molecule has 1 aromatic rings. The minimum Gasteiger partial charge on any atom is -0.493 e. The monoisotopic (exact) mass is 180 g/mol. The molecule has 0 radical (unpaired) electrons. The fourth-order valence-electron chi connectivity index (χ4n) is 1.42. The third kappa shape index (κ3) is 1.29. The third-order valence-electron chi connectivity index (χ3n) is 2.11. The van der Waals surface area contributed by atoms with Crippen molar-refractivity contribution in [3.63, 3.8) is 0 Å². The smallest absolute Gasteiger partial charge is 0.162 e. The maximum absolute atomic E-state index is 5.18. The molecular formula is C9H12N2O2. The van der Waals surface area contributed by atoms with Crippen molar-refractivity contribution >= 4 is 5.69 Å². The molecule has 0 aliphatic carbocycles. The third-order valence-corrected chi connectivity index (χ3v) is 2.11. The Labute approximate surface area is 76.8 Å². The number of ether oxygens (including phenoxy) is 2. The molecular weight excluding hydrogens is 168 g/mol. The van der Waals surface area contributed by atoms with Crippen molar-refractivity contribution in [3.8, 4) is 11.5 Å². The van der Waals surface area contributed by atoms with Crippen LogP contribution in [0.5, 0.6) is 11.5 Å². The number of hydrogen-bond acceptors (Lipinski definition) is 4. The zero-order chi connectivity index (χ0) is 9.26. The van der Waals surface area contributed by atoms with E-state index in [0.29, 0.717) is 0 Å². The summed E-state index contributed by atoms with van der Waals surface area (Å²) in [6, 6.07) is 3.90. The van der Waals surface area contributed by atoms with E-state index in [1.165, 1.54) is 5.56 Å². The lowest BCUT2D eigenvalue weighted by Crippen LogP contribution is -2.10. The zero-order valence-corrected chi connectivity index (χ0v) is 7.68. The standard InChI is InChI=1S/C9H12N2O2/c1-12-8-3-6-5-10-11-7(6)4-9(8)13-2/h3-4,10-11H,5H2,1-2H3. The normalized spacial score (nSPS) is 13.4. The van der Waals surface area contributed by atoms with E-state index in [2.05, 4.69) is 10.9 Å². The summed E-state index contributed by atoms with van der Waals surface area (Å²) in [7, 11) is 3.27. The first kappa shape index (κ1) is 8.19. The van der Waals surface area contributed by atoms with Crippen LogP contribution in [0, 0.1) is 0 Å². The van der Waals surface area contributed by atoms with Gasteiger partial charge in [0.25, 0.3) is 0 Å². The molecule has 2 N–H and O–H groups in total.